The van der Waals surface area contributed by atoms with E-state index in [1.807, 2.05) is 45.9 Å². The highest BCUT2D eigenvalue weighted by atomic mass is 32.2. The minimum absolute atomic E-state index is 0.119. The highest BCUT2D eigenvalue weighted by Crippen LogP contribution is 2.23. The van der Waals surface area contributed by atoms with Crippen LogP contribution in [0.5, 0.6) is 0 Å². The number of rotatable bonds is 4. The molecule has 1 heterocycles. The summed E-state index contributed by atoms with van der Waals surface area (Å²) >= 11 is 0. The molecule has 1 aromatic carbocycles. The van der Waals surface area contributed by atoms with E-state index in [1.54, 1.807) is 17.8 Å². The molecule has 1 N–H and O–H groups in total. The van der Waals surface area contributed by atoms with Crippen molar-refractivity contribution in [3.63, 3.8) is 0 Å². The third-order valence-corrected chi connectivity index (χ3v) is 4.80. The summed E-state index contributed by atoms with van der Waals surface area (Å²) in [5.41, 5.74) is 3.00. The van der Waals surface area contributed by atoms with E-state index in [9.17, 15) is 8.42 Å². The van der Waals surface area contributed by atoms with E-state index in [2.05, 4.69) is 9.82 Å². The van der Waals surface area contributed by atoms with E-state index in [0.29, 0.717) is 11.4 Å². The van der Waals surface area contributed by atoms with Gasteiger partial charge in [-0.15, -0.1) is 0 Å². The van der Waals surface area contributed by atoms with Gasteiger partial charge < -0.3 is 0 Å². The van der Waals surface area contributed by atoms with Gasteiger partial charge in [-0.1, -0.05) is 12.1 Å². The molecular formula is C15H21N3O2S. The van der Waals surface area contributed by atoms with Crippen LogP contribution in [0.2, 0.25) is 0 Å². The van der Waals surface area contributed by atoms with E-state index in [0.717, 1.165) is 11.1 Å². The van der Waals surface area contributed by atoms with Crippen molar-refractivity contribution in [3.8, 4) is 0 Å². The van der Waals surface area contributed by atoms with E-state index < -0.39 is 10.0 Å². The van der Waals surface area contributed by atoms with Crippen LogP contribution >= 0.6 is 0 Å². The van der Waals surface area contributed by atoms with Crippen LogP contribution in [0.3, 0.4) is 0 Å². The van der Waals surface area contributed by atoms with Crippen LogP contribution in [0.4, 0.5) is 5.69 Å². The van der Waals surface area contributed by atoms with Gasteiger partial charge in [0.1, 0.15) is 4.90 Å². The Labute approximate surface area is 126 Å². The molecule has 6 heteroatoms. The number of benzene rings is 1. The largest absolute Gasteiger partial charge is 0.279 e. The minimum atomic E-state index is -3.63. The molecule has 0 bridgehead atoms. The summed E-state index contributed by atoms with van der Waals surface area (Å²) in [6.07, 6.45) is 1.58. The number of nitrogens with zero attached hydrogens (tertiary/aromatic N) is 2. The first-order valence-electron chi connectivity index (χ1n) is 6.86. The van der Waals surface area contributed by atoms with Gasteiger partial charge in [0, 0.05) is 12.2 Å². The summed E-state index contributed by atoms with van der Waals surface area (Å²) in [7, 11) is -3.63. The van der Waals surface area contributed by atoms with Crippen molar-refractivity contribution >= 4 is 15.7 Å². The molecule has 114 valence electrons. The summed E-state index contributed by atoms with van der Waals surface area (Å²) < 4.78 is 29.4. The maximum atomic E-state index is 12.6. The van der Waals surface area contributed by atoms with Crippen LogP contribution in [0.15, 0.2) is 29.3 Å². The lowest BCUT2D eigenvalue weighted by molar-refractivity contribution is 0.528. The fourth-order valence-electron chi connectivity index (χ4n) is 2.04. The number of hydrogen-bond donors (Lipinski definition) is 1. The Morgan fingerprint density at radius 2 is 1.86 bits per heavy atom. The standard InChI is InChI=1S/C15H21N3O2S/c1-10(2)18-9-15(13(5)16-18)21(19,20)17-14-8-11(3)6-7-12(14)4/h6-10,17H,1-5H3. The quantitative estimate of drug-likeness (QED) is 0.943. The highest BCUT2D eigenvalue weighted by molar-refractivity contribution is 7.92. The molecule has 0 saturated heterocycles. The van der Waals surface area contributed by atoms with Crippen molar-refractivity contribution in [2.75, 3.05) is 4.72 Å². The predicted octanol–water partition coefficient (Wildman–Crippen LogP) is 3.19. The molecule has 0 aliphatic rings. The Morgan fingerprint density at radius 1 is 1.19 bits per heavy atom. The molecule has 0 amide bonds. The van der Waals surface area contributed by atoms with Crippen molar-refractivity contribution < 1.29 is 8.42 Å². The molecule has 2 aromatic rings. The van der Waals surface area contributed by atoms with Crippen molar-refractivity contribution in [3.05, 3.63) is 41.2 Å². The van der Waals surface area contributed by atoms with Gasteiger partial charge in [-0.2, -0.15) is 5.10 Å². The van der Waals surface area contributed by atoms with Gasteiger partial charge in [0.25, 0.3) is 10.0 Å². The van der Waals surface area contributed by atoms with Gasteiger partial charge in [-0.3, -0.25) is 9.40 Å². The van der Waals surface area contributed by atoms with Crippen LogP contribution < -0.4 is 4.72 Å². The first-order chi connectivity index (χ1) is 9.70. The number of aryl methyl sites for hydroxylation is 3. The molecule has 0 spiro atoms. The molecule has 21 heavy (non-hydrogen) atoms. The number of nitrogens with one attached hydrogen (secondary N) is 1. The predicted molar refractivity (Wildman–Crippen MR) is 84.1 cm³/mol. The molecule has 0 radical (unpaired) electrons. The zero-order valence-electron chi connectivity index (χ0n) is 13.0. The van der Waals surface area contributed by atoms with Crippen LogP contribution in [-0.2, 0) is 10.0 Å². The summed E-state index contributed by atoms with van der Waals surface area (Å²) in [6, 6.07) is 5.80. The van der Waals surface area contributed by atoms with Crippen LogP contribution in [-0.4, -0.2) is 18.2 Å². The van der Waals surface area contributed by atoms with Gasteiger partial charge in [0.15, 0.2) is 0 Å². The first-order valence-corrected chi connectivity index (χ1v) is 8.35. The van der Waals surface area contributed by atoms with Crippen molar-refractivity contribution in [2.45, 2.75) is 45.6 Å². The average molecular weight is 307 g/mol. The van der Waals surface area contributed by atoms with Gasteiger partial charge in [0.05, 0.1) is 11.4 Å². The SMILES string of the molecule is Cc1ccc(C)c(NS(=O)(=O)c2cn(C(C)C)nc2C)c1. The Hall–Kier alpha value is -1.82. The van der Waals surface area contributed by atoms with Gasteiger partial charge in [-0.05, 0) is 51.8 Å². The maximum Gasteiger partial charge on any atom is 0.265 e. The fourth-order valence-corrected chi connectivity index (χ4v) is 3.33. The third kappa shape index (κ3) is 3.26. The Bertz CT molecular complexity index is 761. The highest BCUT2D eigenvalue weighted by Gasteiger charge is 2.21. The van der Waals surface area contributed by atoms with Gasteiger partial charge in [0.2, 0.25) is 0 Å². The molecule has 5 nitrogen and oxygen atoms in total. The molecule has 0 fully saturated rings. The molecule has 0 unspecified atom stereocenters. The van der Waals surface area contributed by atoms with E-state index in [1.165, 1.54) is 0 Å². The molecule has 0 saturated carbocycles. The normalized spacial score (nSPS) is 11.9. The maximum absolute atomic E-state index is 12.6. The zero-order chi connectivity index (χ0) is 15.8. The second kappa shape index (κ2) is 5.52. The van der Waals surface area contributed by atoms with E-state index in [4.69, 9.17) is 0 Å². The van der Waals surface area contributed by atoms with Crippen molar-refractivity contribution in [1.29, 1.82) is 0 Å². The molecule has 0 atom stereocenters. The summed E-state index contributed by atoms with van der Waals surface area (Å²) in [5.74, 6) is 0. The van der Waals surface area contributed by atoms with Gasteiger partial charge >= 0.3 is 0 Å². The van der Waals surface area contributed by atoms with Crippen molar-refractivity contribution in [1.82, 2.24) is 9.78 Å². The third-order valence-electron chi connectivity index (χ3n) is 3.33. The molecule has 0 aliphatic carbocycles. The topological polar surface area (TPSA) is 64.0 Å². The molecule has 0 aliphatic heterocycles. The smallest absolute Gasteiger partial charge is 0.265 e. The molecule has 1 aromatic heterocycles. The summed E-state index contributed by atoms with van der Waals surface area (Å²) in [4.78, 5) is 0.220. The minimum Gasteiger partial charge on any atom is -0.279 e. The van der Waals surface area contributed by atoms with Crippen molar-refractivity contribution in [2.24, 2.45) is 0 Å². The lowest BCUT2D eigenvalue weighted by Gasteiger charge is -2.10. The summed E-state index contributed by atoms with van der Waals surface area (Å²) in [6.45, 7) is 9.43. The average Bonchev–Trinajstić information content (AvgIpc) is 2.77. The second-order valence-corrected chi connectivity index (χ2v) is 7.23. The van der Waals surface area contributed by atoms with E-state index >= 15 is 0 Å². The Balaban J connectivity index is 2.41. The molecular weight excluding hydrogens is 286 g/mol. The van der Waals surface area contributed by atoms with Crippen LogP contribution in [0.1, 0.15) is 36.7 Å². The number of sulfonamides is 1. The molecule has 2 rings (SSSR count). The van der Waals surface area contributed by atoms with E-state index in [-0.39, 0.29) is 10.9 Å². The Morgan fingerprint density at radius 3 is 2.43 bits per heavy atom. The fraction of sp³-hybridized carbons (Fsp3) is 0.400. The lowest BCUT2D eigenvalue weighted by atomic mass is 10.1. The summed E-state index contributed by atoms with van der Waals surface area (Å²) in [5, 5.41) is 4.26. The number of hydrogen-bond acceptors (Lipinski definition) is 3. The number of anilines is 1. The van der Waals surface area contributed by atoms with Gasteiger partial charge in [-0.25, -0.2) is 8.42 Å². The van der Waals surface area contributed by atoms with Crippen LogP contribution in [0, 0.1) is 20.8 Å². The second-order valence-electron chi connectivity index (χ2n) is 5.58. The monoisotopic (exact) mass is 307 g/mol. The lowest BCUT2D eigenvalue weighted by Crippen LogP contribution is -2.14. The van der Waals surface area contributed by atoms with Crippen LogP contribution in [0.25, 0.3) is 0 Å². The Kier molecular flexibility index (Phi) is 4.09. The zero-order valence-corrected chi connectivity index (χ0v) is 13.8. The number of aromatic nitrogens is 2. The first kappa shape index (κ1) is 15.6.